The Morgan fingerprint density at radius 1 is 1.26 bits per heavy atom. The van der Waals surface area contributed by atoms with Crippen molar-refractivity contribution in [2.75, 3.05) is 33.2 Å². The van der Waals surface area contributed by atoms with Gasteiger partial charge < -0.3 is 20.0 Å². The maximum absolute atomic E-state index is 12.9. The summed E-state index contributed by atoms with van der Waals surface area (Å²) < 4.78 is 0. The molecule has 0 bridgehead atoms. The van der Waals surface area contributed by atoms with Crippen molar-refractivity contribution in [3.8, 4) is 0 Å². The van der Waals surface area contributed by atoms with Gasteiger partial charge in [-0.25, -0.2) is 0 Å². The zero-order valence-corrected chi connectivity index (χ0v) is 17.0. The molecule has 27 heavy (non-hydrogen) atoms. The number of nitrogens with zero attached hydrogens (tertiary/aromatic N) is 3. The fourth-order valence-electron chi connectivity index (χ4n) is 3.98. The minimum absolute atomic E-state index is 0.0185. The fourth-order valence-corrected chi connectivity index (χ4v) is 3.98. The summed E-state index contributed by atoms with van der Waals surface area (Å²) >= 11 is 0. The van der Waals surface area contributed by atoms with Crippen molar-refractivity contribution in [3.63, 3.8) is 0 Å². The molecule has 1 N–H and O–H groups in total. The third kappa shape index (κ3) is 5.47. The monoisotopic (exact) mass is 378 g/mol. The number of likely N-dealkylation sites (N-methyl/N-ethyl adjacent to an activating group) is 1. The molecule has 2 heterocycles. The molecular weight excluding hydrogens is 344 g/mol. The van der Waals surface area contributed by atoms with E-state index in [4.69, 9.17) is 0 Å². The van der Waals surface area contributed by atoms with Gasteiger partial charge in [0.2, 0.25) is 17.7 Å². The first kappa shape index (κ1) is 21.3. The van der Waals surface area contributed by atoms with Gasteiger partial charge in [0.05, 0.1) is 0 Å². The largest absolute Gasteiger partial charge is 0.375 e. The number of nitrogens with one attached hydrogen (secondary N) is 1. The third-order valence-corrected chi connectivity index (χ3v) is 5.63. The van der Waals surface area contributed by atoms with Gasteiger partial charge in [0.25, 0.3) is 0 Å². The molecule has 152 valence electrons. The van der Waals surface area contributed by atoms with Gasteiger partial charge in [-0.05, 0) is 32.6 Å². The highest BCUT2D eigenvalue weighted by Crippen LogP contribution is 2.30. The van der Waals surface area contributed by atoms with Crippen LogP contribution in [0.4, 0.5) is 0 Å². The number of rotatable bonds is 7. The van der Waals surface area contributed by atoms with Crippen LogP contribution in [-0.2, 0) is 14.4 Å². The molecule has 0 aromatic carbocycles. The van der Waals surface area contributed by atoms with Gasteiger partial charge in [0.15, 0.2) is 0 Å². The van der Waals surface area contributed by atoms with E-state index in [2.05, 4.69) is 16.8 Å². The molecule has 0 saturated carbocycles. The summed E-state index contributed by atoms with van der Waals surface area (Å²) in [6.45, 7) is 10.5. The first-order chi connectivity index (χ1) is 12.8. The van der Waals surface area contributed by atoms with Crippen LogP contribution >= 0.6 is 0 Å². The van der Waals surface area contributed by atoms with Crippen LogP contribution in [0, 0.1) is 0 Å². The topological polar surface area (TPSA) is 73.0 Å². The molecule has 2 fully saturated rings. The summed E-state index contributed by atoms with van der Waals surface area (Å²) in [5, 5.41) is 2.82. The van der Waals surface area contributed by atoms with Crippen LogP contribution in [0.25, 0.3) is 0 Å². The average Bonchev–Trinajstić information content (AvgIpc) is 3.05. The zero-order chi connectivity index (χ0) is 20.0. The van der Waals surface area contributed by atoms with Crippen molar-refractivity contribution in [2.45, 2.75) is 64.5 Å². The number of hydrogen-bond donors (Lipinski definition) is 1. The number of hydrogen-bond acceptors (Lipinski definition) is 4. The second-order valence-electron chi connectivity index (χ2n) is 7.63. The second-order valence-corrected chi connectivity index (χ2v) is 7.63. The standard InChI is InChI=1S/C20H34N4O3/c1-5-18(25)21-11-6-12-22(4)20(27)17-8-7-16-9-13-23(15(2)3)14-10-19(26)24(16)17/h16-17H,2,5-14H2,1,3-4H3,(H,21,25). The lowest BCUT2D eigenvalue weighted by atomic mass is 10.1. The summed E-state index contributed by atoms with van der Waals surface area (Å²) in [6, 6.07) is -0.194. The maximum Gasteiger partial charge on any atom is 0.245 e. The van der Waals surface area contributed by atoms with Crippen molar-refractivity contribution in [3.05, 3.63) is 12.3 Å². The number of fused-ring (bicyclic) bond motifs is 1. The third-order valence-electron chi connectivity index (χ3n) is 5.63. The number of amides is 3. The van der Waals surface area contributed by atoms with E-state index in [9.17, 15) is 14.4 Å². The Labute approximate surface area is 162 Å². The highest BCUT2D eigenvalue weighted by atomic mass is 16.2. The van der Waals surface area contributed by atoms with Crippen LogP contribution in [0.5, 0.6) is 0 Å². The van der Waals surface area contributed by atoms with Crippen molar-refractivity contribution in [1.29, 1.82) is 0 Å². The Morgan fingerprint density at radius 3 is 2.67 bits per heavy atom. The van der Waals surface area contributed by atoms with Gasteiger partial charge in [0.1, 0.15) is 6.04 Å². The highest BCUT2D eigenvalue weighted by molar-refractivity contribution is 5.88. The van der Waals surface area contributed by atoms with Gasteiger partial charge in [-0.2, -0.15) is 0 Å². The van der Waals surface area contributed by atoms with E-state index in [-0.39, 0.29) is 29.8 Å². The molecule has 3 amide bonds. The summed E-state index contributed by atoms with van der Waals surface area (Å²) in [4.78, 5) is 42.7. The van der Waals surface area contributed by atoms with E-state index in [0.29, 0.717) is 38.9 Å². The second kappa shape index (κ2) is 9.76. The molecule has 0 spiro atoms. The molecule has 2 atom stereocenters. The van der Waals surface area contributed by atoms with Crippen molar-refractivity contribution >= 4 is 17.7 Å². The Morgan fingerprint density at radius 2 is 2.00 bits per heavy atom. The average molecular weight is 379 g/mol. The first-order valence-corrected chi connectivity index (χ1v) is 10.1. The molecule has 2 aliphatic rings. The quantitative estimate of drug-likeness (QED) is 0.679. The van der Waals surface area contributed by atoms with Crippen LogP contribution in [-0.4, -0.2) is 77.7 Å². The lowest BCUT2D eigenvalue weighted by Gasteiger charge is -2.36. The lowest BCUT2D eigenvalue weighted by molar-refractivity contribution is -0.145. The smallest absolute Gasteiger partial charge is 0.245 e. The predicted molar refractivity (Wildman–Crippen MR) is 105 cm³/mol. The Kier molecular flexibility index (Phi) is 7.68. The Balaban J connectivity index is 1.90. The van der Waals surface area contributed by atoms with Crippen LogP contribution < -0.4 is 5.32 Å². The van der Waals surface area contributed by atoms with E-state index >= 15 is 0 Å². The van der Waals surface area contributed by atoms with Crippen molar-refractivity contribution in [1.82, 2.24) is 20.0 Å². The molecule has 0 aromatic rings. The first-order valence-electron chi connectivity index (χ1n) is 10.1. The fraction of sp³-hybridized carbons (Fsp3) is 0.750. The van der Waals surface area contributed by atoms with Crippen LogP contribution in [0.1, 0.15) is 52.4 Å². The molecule has 2 unspecified atom stereocenters. The predicted octanol–water partition coefficient (Wildman–Crippen LogP) is 1.35. The number of carbonyl (C=O) groups excluding carboxylic acids is 3. The van der Waals surface area contributed by atoms with Crippen LogP contribution in [0.3, 0.4) is 0 Å². The van der Waals surface area contributed by atoms with E-state index in [1.54, 1.807) is 11.9 Å². The SMILES string of the molecule is C=C(C)N1CCC(=O)N2C(CCC2C(=O)N(C)CCCNC(=O)CC)CC1. The van der Waals surface area contributed by atoms with E-state index < -0.39 is 0 Å². The Hall–Kier alpha value is -2.05. The van der Waals surface area contributed by atoms with Crippen LogP contribution in [0.2, 0.25) is 0 Å². The zero-order valence-electron chi connectivity index (χ0n) is 17.0. The van der Waals surface area contributed by atoms with Crippen molar-refractivity contribution < 1.29 is 14.4 Å². The van der Waals surface area contributed by atoms with Gasteiger partial charge in [0, 0.05) is 57.8 Å². The molecule has 0 aliphatic carbocycles. The molecule has 0 radical (unpaired) electrons. The summed E-state index contributed by atoms with van der Waals surface area (Å²) in [7, 11) is 1.79. The molecule has 0 aromatic heterocycles. The summed E-state index contributed by atoms with van der Waals surface area (Å²) in [5.41, 5.74) is 0.997. The highest BCUT2D eigenvalue weighted by Gasteiger charge is 2.42. The lowest BCUT2D eigenvalue weighted by Crippen LogP contribution is -2.51. The summed E-state index contributed by atoms with van der Waals surface area (Å²) in [5.74, 6) is 0.119. The van der Waals surface area contributed by atoms with Gasteiger partial charge in [-0.3, -0.25) is 14.4 Å². The minimum Gasteiger partial charge on any atom is -0.375 e. The normalized spacial score (nSPS) is 22.7. The van der Waals surface area contributed by atoms with Crippen LogP contribution in [0.15, 0.2) is 12.3 Å². The molecule has 7 nitrogen and oxygen atoms in total. The van der Waals surface area contributed by atoms with E-state index in [1.165, 1.54) is 0 Å². The molecule has 7 heteroatoms. The molecule has 2 rings (SSSR count). The molecule has 2 aliphatic heterocycles. The molecule has 2 saturated heterocycles. The summed E-state index contributed by atoms with van der Waals surface area (Å²) in [6.07, 6.45) is 4.12. The number of allylic oxidation sites excluding steroid dienone is 1. The maximum atomic E-state index is 12.9. The van der Waals surface area contributed by atoms with Crippen molar-refractivity contribution in [2.24, 2.45) is 0 Å². The number of carbonyl (C=O) groups is 3. The van der Waals surface area contributed by atoms with E-state index in [0.717, 1.165) is 31.5 Å². The molecular formula is C20H34N4O3. The van der Waals surface area contributed by atoms with E-state index in [1.807, 2.05) is 18.7 Å². The minimum atomic E-state index is -0.339. The van der Waals surface area contributed by atoms with Gasteiger partial charge in [-0.1, -0.05) is 13.5 Å². The van der Waals surface area contributed by atoms with Gasteiger partial charge in [-0.15, -0.1) is 0 Å². The van der Waals surface area contributed by atoms with Gasteiger partial charge >= 0.3 is 0 Å². The Bertz CT molecular complexity index is 578.